The van der Waals surface area contributed by atoms with E-state index in [0.717, 1.165) is 0 Å². The molecule has 0 amide bonds. The van der Waals surface area contributed by atoms with Crippen LogP contribution in [0.5, 0.6) is 17.2 Å². The van der Waals surface area contributed by atoms with Crippen LogP contribution < -0.4 is 14.2 Å². The molecule has 0 saturated heterocycles. The molecule has 80 valence electrons. The van der Waals surface area contributed by atoms with Crippen LogP contribution >= 0.6 is 0 Å². The molecule has 0 N–H and O–H groups in total. The Bertz CT molecular complexity index is 398. The number of ketones is 1. The molecule has 0 atom stereocenters. The van der Waals surface area contributed by atoms with Crippen molar-refractivity contribution in [1.82, 2.24) is 0 Å². The van der Waals surface area contributed by atoms with Gasteiger partial charge in [0.25, 0.3) is 0 Å². The van der Waals surface area contributed by atoms with Crippen molar-refractivity contribution in [1.29, 1.82) is 0 Å². The minimum atomic E-state index is 0.0325. The largest absolute Gasteiger partial charge is 0.492 e. The Hall–Kier alpha value is -1.71. The van der Waals surface area contributed by atoms with Gasteiger partial charge < -0.3 is 14.2 Å². The van der Waals surface area contributed by atoms with E-state index in [2.05, 4.69) is 0 Å². The average Bonchev–Trinajstić information content (AvgIpc) is 2.74. The van der Waals surface area contributed by atoms with Gasteiger partial charge in [-0.2, -0.15) is 0 Å². The first-order valence-electron chi connectivity index (χ1n) is 4.77. The number of Topliss-reactive ketones (excluding diaryl/α,β-unsaturated/α-hetero) is 1. The van der Waals surface area contributed by atoms with Crippen LogP contribution in [0.2, 0.25) is 0 Å². The Labute approximate surface area is 87.8 Å². The first-order valence-corrected chi connectivity index (χ1v) is 4.77. The molecule has 2 rings (SSSR count). The molecule has 1 aliphatic rings. The maximum atomic E-state index is 11.6. The molecule has 1 heterocycles. The Kier molecular flexibility index (Phi) is 2.49. The van der Waals surface area contributed by atoms with Crippen molar-refractivity contribution in [2.75, 3.05) is 13.9 Å². The molecule has 0 aliphatic carbocycles. The number of hydrogen-bond donors (Lipinski definition) is 0. The van der Waals surface area contributed by atoms with E-state index in [1.54, 1.807) is 12.1 Å². The molecular weight excluding hydrogens is 196 g/mol. The second-order valence-electron chi connectivity index (χ2n) is 3.16. The van der Waals surface area contributed by atoms with Crippen molar-refractivity contribution in [3.05, 3.63) is 17.7 Å². The maximum absolute atomic E-state index is 11.6. The van der Waals surface area contributed by atoms with Gasteiger partial charge in [0.05, 0.1) is 12.7 Å². The lowest BCUT2D eigenvalue weighted by atomic mass is 10.1. The summed E-state index contributed by atoms with van der Waals surface area (Å²) < 4.78 is 15.6. The zero-order valence-corrected chi connectivity index (χ0v) is 8.70. The predicted octanol–water partition coefficient (Wildman–Crippen LogP) is 2.02. The van der Waals surface area contributed by atoms with Gasteiger partial charge in [-0.05, 0) is 12.1 Å². The molecule has 1 aliphatic heterocycles. The Morgan fingerprint density at radius 3 is 2.93 bits per heavy atom. The molecule has 0 saturated carbocycles. The minimum Gasteiger partial charge on any atom is -0.492 e. The van der Waals surface area contributed by atoms with Gasteiger partial charge in [-0.1, -0.05) is 6.92 Å². The van der Waals surface area contributed by atoms with Crippen molar-refractivity contribution in [3.63, 3.8) is 0 Å². The predicted molar refractivity (Wildman–Crippen MR) is 53.7 cm³/mol. The summed E-state index contributed by atoms with van der Waals surface area (Å²) in [4.78, 5) is 11.6. The summed E-state index contributed by atoms with van der Waals surface area (Å²) in [5.41, 5.74) is 0.546. The van der Waals surface area contributed by atoms with Crippen molar-refractivity contribution >= 4 is 5.78 Å². The molecule has 15 heavy (non-hydrogen) atoms. The smallest absolute Gasteiger partial charge is 0.231 e. The molecule has 0 unspecified atom stereocenters. The van der Waals surface area contributed by atoms with E-state index >= 15 is 0 Å². The fourth-order valence-electron chi connectivity index (χ4n) is 1.56. The lowest BCUT2D eigenvalue weighted by molar-refractivity contribution is 0.0984. The molecule has 1 aromatic carbocycles. The molecule has 1 aromatic rings. The molecule has 0 fully saturated rings. The fourth-order valence-corrected chi connectivity index (χ4v) is 1.56. The van der Waals surface area contributed by atoms with E-state index in [1.165, 1.54) is 7.11 Å². The highest BCUT2D eigenvalue weighted by molar-refractivity contribution is 5.99. The van der Waals surface area contributed by atoms with Crippen LogP contribution in [-0.4, -0.2) is 19.7 Å². The number of carbonyl (C=O) groups is 1. The second-order valence-corrected chi connectivity index (χ2v) is 3.16. The van der Waals surface area contributed by atoms with Crippen LogP contribution in [0.15, 0.2) is 12.1 Å². The van der Waals surface area contributed by atoms with Crippen LogP contribution in [0, 0.1) is 0 Å². The van der Waals surface area contributed by atoms with Gasteiger partial charge in [-0.25, -0.2) is 0 Å². The number of rotatable bonds is 3. The number of benzene rings is 1. The van der Waals surface area contributed by atoms with Crippen LogP contribution in [0.25, 0.3) is 0 Å². The zero-order chi connectivity index (χ0) is 10.8. The summed E-state index contributed by atoms with van der Waals surface area (Å²) in [5.74, 6) is 1.65. The number of hydrogen-bond acceptors (Lipinski definition) is 4. The Balaban J connectivity index is 2.52. The van der Waals surface area contributed by atoms with E-state index in [4.69, 9.17) is 14.2 Å². The van der Waals surface area contributed by atoms with E-state index in [-0.39, 0.29) is 12.6 Å². The number of carbonyl (C=O) groups excluding carboxylic acids is 1. The lowest BCUT2D eigenvalue weighted by Crippen LogP contribution is -2.01. The van der Waals surface area contributed by atoms with E-state index in [0.29, 0.717) is 29.2 Å². The summed E-state index contributed by atoms with van der Waals surface area (Å²) in [6.45, 7) is 1.99. The summed E-state index contributed by atoms with van der Waals surface area (Å²) in [7, 11) is 1.52. The normalized spacial score (nSPS) is 12.7. The highest BCUT2D eigenvalue weighted by atomic mass is 16.7. The highest BCUT2D eigenvalue weighted by Crippen LogP contribution is 2.43. The summed E-state index contributed by atoms with van der Waals surface area (Å²) in [5, 5.41) is 0. The van der Waals surface area contributed by atoms with Gasteiger partial charge in [0.2, 0.25) is 12.5 Å². The Morgan fingerprint density at radius 1 is 1.47 bits per heavy atom. The number of ether oxygens (including phenoxy) is 3. The van der Waals surface area contributed by atoms with E-state index < -0.39 is 0 Å². The third-order valence-electron chi connectivity index (χ3n) is 2.32. The lowest BCUT2D eigenvalue weighted by Gasteiger charge is -2.09. The van der Waals surface area contributed by atoms with Crippen molar-refractivity contribution < 1.29 is 19.0 Å². The van der Waals surface area contributed by atoms with Crippen LogP contribution in [0.3, 0.4) is 0 Å². The molecule has 0 bridgehead atoms. The van der Waals surface area contributed by atoms with Gasteiger partial charge in [-0.15, -0.1) is 0 Å². The van der Waals surface area contributed by atoms with E-state index in [9.17, 15) is 4.79 Å². The number of fused-ring (bicyclic) bond motifs is 1. The van der Waals surface area contributed by atoms with Crippen molar-refractivity contribution in [2.24, 2.45) is 0 Å². The summed E-state index contributed by atoms with van der Waals surface area (Å²) >= 11 is 0. The highest BCUT2D eigenvalue weighted by Gasteiger charge is 2.23. The molecule has 4 nitrogen and oxygen atoms in total. The summed E-state index contributed by atoms with van der Waals surface area (Å²) in [6.07, 6.45) is 0.440. The topological polar surface area (TPSA) is 44.8 Å². The van der Waals surface area contributed by atoms with Gasteiger partial charge in [0, 0.05) is 6.42 Å². The third kappa shape index (κ3) is 1.52. The monoisotopic (exact) mass is 208 g/mol. The third-order valence-corrected chi connectivity index (χ3v) is 2.32. The van der Waals surface area contributed by atoms with Crippen molar-refractivity contribution in [2.45, 2.75) is 13.3 Å². The molecule has 0 radical (unpaired) electrons. The van der Waals surface area contributed by atoms with Gasteiger partial charge in [0.1, 0.15) is 0 Å². The van der Waals surface area contributed by atoms with Crippen LogP contribution in [-0.2, 0) is 0 Å². The zero-order valence-electron chi connectivity index (χ0n) is 8.70. The van der Waals surface area contributed by atoms with Gasteiger partial charge in [-0.3, -0.25) is 4.79 Å². The first kappa shape index (κ1) is 9.83. The molecule has 4 heteroatoms. The van der Waals surface area contributed by atoms with Crippen LogP contribution in [0.1, 0.15) is 23.7 Å². The van der Waals surface area contributed by atoms with E-state index in [1.807, 2.05) is 6.92 Å². The molecule has 0 spiro atoms. The quantitative estimate of drug-likeness (QED) is 0.713. The van der Waals surface area contributed by atoms with Crippen molar-refractivity contribution in [3.8, 4) is 17.2 Å². The maximum Gasteiger partial charge on any atom is 0.231 e. The fraction of sp³-hybridized carbons (Fsp3) is 0.364. The summed E-state index contributed by atoms with van der Waals surface area (Å²) in [6, 6.07) is 3.44. The average molecular weight is 208 g/mol. The van der Waals surface area contributed by atoms with Gasteiger partial charge >= 0.3 is 0 Å². The molecular formula is C11H12O4. The van der Waals surface area contributed by atoms with Gasteiger partial charge in [0.15, 0.2) is 17.3 Å². The Morgan fingerprint density at radius 2 is 2.27 bits per heavy atom. The standard InChI is InChI=1S/C11H12O4/c1-3-8(12)7-4-5-9-11(10(7)13-2)15-6-14-9/h4-5H,3,6H2,1-2H3. The minimum absolute atomic E-state index is 0.0325. The number of methoxy groups -OCH3 is 1. The van der Waals surface area contributed by atoms with Crippen LogP contribution in [0.4, 0.5) is 0 Å². The molecule has 0 aromatic heterocycles. The second kappa shape index (κ2) is 3.81. The first-order chi connectivity index (χ1) is 7.27. The SMILES string of the molecule is CCC(=O)c1ccc2c(c1OC)OCO2.